The number of aryl methyl sites for hydroxylation is 1. The molecule has 5 rings (SSSR count). The Morgan fingerprint density at radius 3 is 1.78 bits per heavy atom. The molecule has 0 fully saturated rings. The van der Waals surface area contributed by atoms with Crippen LogP contribution in [-0.2, 0) is 16.2 Å². The molecule has 0 saturated carbocycles. The van der Waals surface area contributed by atoms with Gasteiger partial charge in [-0.3, -0.25) is 4.79 Å². The van der Waals surface area contributed by atoms with Crippen LogP contribution in [0.5, 0.6) is 5.75 Å². The molecule has 0 N–H and O–H groups in total. The van der Waals surface area contributed by atoms with Gasteiger partial charge in [-0.2, -0.15) is 0 Å². The maximum Gasteiger partial charge on any atom is 0.386 e. The van der Waals surface area contributed by atoms with Crippen LogP contribution in [0.1, 0.15) is 76.0 Å². The van der Waals surface area contributed by atoms with Crippen LogP contribution in [0.25, 0.3) is 11.0 Å². The fourth-order valence-corrected chi connectivity index (χ4v) is 7.05. The molecule has 0 saturated heterocycles. The average molecular weight is 888 g/mol. The van der Waals surface area contributed by atoms with E-state index in [0.29, 0.717) is 28.9 Å². The summed E-state index contributed by atoms with van der Waals surface area (Å²) in [7, 11) is 0. The second-order valence-corrected chi connectivity index (χ2v) is 13.3. The Bertz CT molecular complexity index is 1760. The van der Waals surface area contributed by atoms with Crippen LogP contribution in [0.4, 0.5) is 0 Å². The highest BCUT2D eigenvalue weighted by atomic mass is 127. The Labute approximate surface area is 314 Å². The van der Waals surface area contributed by atoms with Crippen molar-refractivity contribution < 1.29 is 33.3 Å². The number of unbranched alkanes of at least 4 members (excludes halogenated alkanes) is 1. The Morgan fingerprint density at radius 1 is 0.714 bits per heavy atom. The van der Waals surface area contributed by atoms with Crippen molar-refractivity contribution in [1.82, 2.24) is 4.90 Å². The van der Waals surface area contributed by atoms with E-state index in [0.717, 1.165) is 68.5 Å². The minimum atomic E-state index is -0.708. The molecule has 0 amide bonds. The fourth-order valence-electron chi connectivity index (χ4n) is 4.97. The summed E-state index contributed by atoms with van der Waals surface area (Å²) in [5.41, 5.74) is 2.79. The lowest BCUT2D eigenvalue weighted by Crippen LogP contribution is -2.28. The molecule has 5 aromatic rings. The summed E-state index contributed by atoms with van der Waals surface area (Å²) < 4.78 is 14.1. The zero-order valence-corrected chi connectivity index (χ0v) is 32.1. The van der Waals surface area contributed by atoms with Crippen LogP contribution in [0.2, 0.25) is 0 Å². The molecule has 10 heteroatoms. The Morgan fingerprint density at radius 2 is 1.24 bits per heavy atom. The van der Waals surface area contributed by atoms with Crippen LogP contribution in [0.15, 0.2) is 101 Å². The van der Waals surface area contributed by atoms with Crippen LogP contribution < -0.4 is 4.74 Å². The van der Waals surface area contributed by atoms with Crippen LogP contribution in [-0.4, -0.2) is 48.9 Å². The number of furan rings is 1. The van der Waals surface area contributed by atoms with Gasteiger partial charge in [0.2, 0.25) is 0 Å². The van der Waals surface area contributed by atoms with E-state index < -0.39 is 11.9 Å². The van der Waals surface area contributed by atoms with E-state index in [9.17, 15) is 14.4 Å². The van der Waals surface area contributed by atoms with E-state index in [1.54, 1.807) is 60.7 Å². The number of rotatable bonds is 13. The van der Waals surface area contributed by atoms with Crippen LogP contribution in [0, 0.1) is 7.14 Å². The first-order valence-corrected chi connectivity index (χ1v) is 18.4. The maximum atomic E-state index is 13.6. The SMILES string of the molecule is CCCCc1oc2ccccc2c1C(=O)c1cc(I)c(OCCN(CC)CC)c(I)c1.O=C(OOC(=O)c1ccccc1)c1ccccc1. The standard InChI is InChI=1S/C25H29I2NO3.C14H10O4/c1-4-7-11-22-23(18-10-8-9-12-21(18)31-22)24(29)17-15-19(26)25(20(27)16-17)30-14-13-28(5-2)6-3;15-13(11-7-3-1-4-8-11)17-18-14(16)12-9-5-2-6-10-12/h8-10,12,15-16H,4-7,11,13-14H2,1-3H3;1-10H. The van der Waals surface area contributed by atoms with Gasteiger partial charge in [0.1, 0.15) is 23.7 Å². The number of benzene rings is 4. The van der Waals surface area contributed by atoms with Crippen molar-refractivity contribution in [2.75, 3.05) is 26.2 Å². The molecule has 1 aromatic heterocycles. The number of nitrogens with zero attached hydrogens (tertiary/aromatic N) is 1. The third-order valence-electron chi connectivity index (χ3n) is 7.67. The highest BCUT2D eigenvalue weighted by Crippen LogP contribution is 2.33. The molecular formula is C39H39I2NO7. The third-order valence-corrected chi connectivity index (χ3v) is 9.28. The topological polar surface area (TPSA) is 95.3 Å². The molecule has 0 aliphatic heterocycles. The van der Waals surface area contributed by atoms with Crippen molar-refractivity contribution >= 4 is 73.9 Å². The molecule has 0 radical (unpaired) electrons. The number of ether oxygens (including phenoxy) is 1. The van der Waals surface area contributed by atoms with Gasteiger partial charge in [-0.1, -0.05) is 81.8 Å². The van der Waals surface area contributed by atoms with Gasteiger partial charge in [0.05, 0.1) is 23.8 Å². The lowest BCUT2D eigenvalue weighted by molar-refractivity contribution is -0.187. The number of carbonyl (C=O) groups excluding carboxylic acids is 3. The third kappa shape index (κ3) is 10.6. The van der Waals surface area contributed by atoms with Gasteiger partial charge < -0.3 is 14.1 Å². The fraction of sp³-hybridized carbons (Fsp3) is 0.256. The van der Waals surface area contributed by atoms with Gasteiger partial charge in [0, 0.05) is 23.9 Å². The average Bonchev–Trinajstić information content (AvgIpc) is 3.51. The smallest absolute Gasteiger partial charge is 0.386 e. The summed E-state index contributed by atoms with van der Waals surface area (Å²) in [6.45, 7) is 10.0. The lowest BCUT2D eigenvalue weighted by Gasteiger charge is -2.19. The number of ketones is 1. The maximum absolute atomic E-state index is 13.6. The molecule has 49 heavy (non-hydrogen) atoms. The van der Waals surface area contributed by atoms with Crippen molar-refractivity contribution in [3.8, 4) is 5.75 Å². The van der Waals surface area contributed by atoms with Crippen molar-refractivity contribution in [1.29, 1.82) is 0 Å². The second kappa shape index (κ2) is 19.4. The molecule has 8 nitrogen and oxygen atoms in total. The summed E-state index contributed by atoms with van der Waals surface area (Å²) in [6, 6.07) is 28.2. The summed E-state index contributed by atoms with van der Waals surface area (Å²) in [5, 5.41) is 0.892. The van der Waals surface area contributed by atoms with E-state index in [-0.39, 0.29) is 5.78 Å². The molecule has 256 valence electrons. The van der Waals surface area contributed by atoms with Gasteiger partial charge in [0.25, 0.3) is 0 Å². The molecule has 1 heterocycles. The van der Waals surface area contributed by atoms with Crippen molar-refractivity contribution in [2.45, 2.75) is 40.0 Å². The molecular weight excluding hydrogens is 848 g/mol. The molecule has 0 aliphatic rings. The lowest BCUT2D eigenvalue weighted by atomic mass is 9.98. The zero-order valence-electron chi connectivity index (χ0n) is 27.7. The van der Waals surface area contributed by atoms with Crippen LogP contribution in [0.3, 0.4) is 0 Å². The van der Waals surface area contributed by atoms with E-state index in [4.69, 9.17) is 9.15 Å². The number of fused-ring (bicyclic) bond motifs is 1. The number of hydrogen-bond donors (Lipinski definition) is 0. The molecule has 0 bridgehead atoms. The molecule has 0 spiro atoms. The number of hydrogen-bond acceptors (Lipinski definition) is 8. The van der Waals surface area contributed by atoms with Crippen molar-refractivity contribution in [2.24, 2.45) is 0 Å². The summed E-state index contributed by atoms with van der Waals surface area (Å²) in [4.78, 5) is 47.8. The minimum Gasteiger partial charge on any atom is -0.490 e. The quantitative estimate of drug-likeness (QED) is 0.0500. The number of halogens is 2. The summed E-state index contributed by atoms with van der Waals surface area (Å²) in [5.74, 6) is 0.243. The Kier molecular flexibility index (Phi) is 15.1. The van der Waals surface area contributed by atoms with E-state index >= 15 is 0 Å². The van der Waals surface area contributed by atoms with Gasteiger partial charge in [-0.05, 0) is 107 Å². The van der Waals surface area contributed by atoms with Gasteiger partial charge in [-0.15, -0.1) is 0 Å². The van der Waals surface area contributed by atoms with Crippen molar-refractivity contribution in [3.63, 3.8) is 0 Å². The largest absolute Gasteiger partial charge is 0.490 e. The number of likely N-dealkylation sites (N-methyl/N-ethyl adjacent to an activating group) is 1. The summed E-state index contributed by atoms with van der Waals surface area (Å²) >= 11 is 4.54. The number of carbonyl (C=O) groups is 3. The summed E-state index contributed by atoms with van der Waals surface area (Å²) in [6.07, 6.45) is 2.82. The Hall–Kier alpha value is -3.75. The predicted molar refractivity (Wildman–Crippen MR) is 207 cm³/mol. The van der Waals surface area contributed by atoms with Gasteiger partial charge in [-0.25, -0.2) is 19.4 Å². The Balaban J connectivity index is 0.000000254. The second-order valence-electron chi connectivity index (χ2n) is 10.9. The van der Waals surface area contributed by atoms with Crippen LogP contribution >= 0.6 is 45.2 Å². The molecule has 0 atom stereocenters. The van der Waals surface area contributed by atoms with E-state index in [1.165, 1.54) is 0 Å². The molecule has 0 aliphatic carbocycles. The predicted octanol–water partition coefficient (Wildman–Crippen LogP) is 9.55. The first-order chi connectivity index (χ1) is 23.8. The van der Waals surface area contributed by atoms with Gasteiger partial charge >= 0.3 is 11.9 Å². The number of para-hydroxylation sites is 1. The highest BCUT2D eigenvalue weighted by Gasteiger charge is 2.23. The highest BCUT2D eigenvalue weighted by molar-refractivity contribution is 14.1. The molecule has 4 aromatic carbocycles. The normalized spacial score (nSPS) is 10.7. The van der Waals surface area contributed by atoms with Crippen molar-refractivity contribution in [3.05, 3.63) is 132 Å². The first kappa shape index (κ1) is 38.1. The zero-order chi connectivity index (χ0) is 35.2. The minimum absolute atomic E-state index is 0.0153. The monoisotopic (exact) mass is 887 g/mol. The molecule has 0 unspecified atom stereocenters. The van der Waals surface area contributed by atoms with Gasteiger partial charge in [0.15, 0.2) is 5.78 Å². The van der Waals surface area contributed by atoms with E-state index in [2.05, 4.69) is 80.6 Å². The van der Waals surface area contributed by atoms with E-state index in [1.807, 2.05) is 36.4 Å². The first-order valence-electron chi connectivity index (χ1n) is 16.2.